The number of H-pyrrole nitrogens is 1. The van der Waals surface area contributed by atoms with E-state index in [2.05, 4.69) is 10.2 Å². The fourth-order valence-electron chi connectivity index (χ4n) is 2.99. The average molecular weight is 370 g/mol. The Hall–Kier alpha value is -3.16. The lowest BCUT2D eigenvalue weighted by Gasteiger charge is -2.34. The molecule has 2 amide bonds. The van der Waals surface area contributed by atoms with Gasteiger partial charge in [0.2, 0.25) is 5.91 Å². The topological polar surface area (TPSA) is 95.6 Å². The molecule has 1 fully saturated rings. The Morgan fingerprint density at radius 1 is 1.04 bits per heavy atom. The highest BCUT2D eigenvalue weighted by atomic mass is 16.5. The van der Waals surface area contributed by atoms with Crippen LogP contribution >= 0.6 is 0 Å². The monoisotopic (exact) mass is 370 g/mol. The lowest BCUT2D eigenvalue weighted by Crippen LogP contribution is -2.50. The quantitative estimate of drug-likeness (QED) is 0.836. The fraction of sp³-hybridized carbons (Fsp3) is 0.368. The van der Waals surface area contributed by atoms with Crippen LogP contribution in [0.2, 0.25) is 0 Å². The first kappa shape index (κ1) is 18.6. The molecular weight excluding hydrogens is 348 g/mol. The Morgan fingerprint density at radius 3 is 2.30 bits per heavy atom. The summed E-state index contributed by atoms with van der Waals surface area (Å²) < 4.78 is 5.13. The number of hydrogen-bond donors (Lipinski definition) is 1. The summed E-state index contributed by atoms with van der Waals surface area (Å²) in [6.45, 7) is 1.90. The number of rotatable bonds is 5. The highest BCUT2D eigenvalue weighted by Gasteiger charge is 2.25. The first-order chi connectivity index (χ1) is 13.1. The molecule has 1 N–H and O–H groups in total. The van der Waals surface area contributed by atoms with Crippen LogP contribution in [-0.4, -0.2) is 65.1 Å². The van der Waals surface area contributed by atoms with Crippen molar-refractivity contribution in [1.29, 1.82) is 0 Å². The third-order valence-electron chi connectivity index (χ3n) is 4.60. The number of methoxy groups -OCH3 is 1. The standard InChI is InChI=1S/C19H22N4O4/c1-27-15-5-2-14(3-6-15)4-9-18(25)22-10-12-23(13-11-22)19(26)16-7-8-17(24)21-20-16/h2-3,5-8H,4,9-13H2,1H3,(H,21,24). The van der Waals surface area contributed by atoms with E-state index in [0.717, 1.165) is 11.3 Å². The van der Waals surface area contributed by atoms with Crippen LogP contribution in [0.3, 0.4) is 0 Å². The van der Waals surface area contributed by atoms with Crippen LogP contribution in [-0.2, 0) is 11.2 Å². The molecule has 0 bridgehead atoms. The van der Waals surface area contributed by atoms with Crippen LogP contribution in [0.25, 0.3) is 0 Å². The zero-order chi connectivity index (χ0) is 19.2. The summed E-state index contributed by atoms with van der Waals surface area (Å²) in [6.07, 6.45) is 1.10. The second-order valence-electron chi connectivity index (χ2n) is 6.33. The highest BCUT2D eigenvalue weighted by Crippen LogP contribution is 2.14. The van der Waals surface area contributed by atoms with E-state index in [9.17, 15) is 14.4 Å². The third-order valence-corrected chi connectivity index (χ3v) is 4.60. The van der Waals surface area contributed by atoms with Gasteiger partial charge in [-0.3, -0.25) is 14.4 Å². The number of nitrogens with zero attached hydrogens (tertiary/aromatic N) is 3. The van der Waals surface area contributed by atoms with Crippen molar-refractivity contribution < 1.29 is 14.3 Å². The Kier molecular flexibility index (Phi) is 5.85. The summed E-state index contributed by atoms with van der Waals surface area (Å²) >= 11 is 0. The second kappa shape index (κ2) is 8.48. The third kappa shape index (κ3) is 4.72. The van der Waals surface area contributed by atoms with Gasteiger partial charge in [0.05, 0.1) is 7.11 Å². The van der Waals surface area contributed by atoms with Gasteiger partial charge in [0.25, 0.3) is 11.5 Å². The van der Waals surface area contributed by atoms with Crippen molar-refractivity contribution in [2.45, 2.75) is 12.8 Å². The molecule has 8 heteroatoms. The molecule has 0 aliphatic carbocycles. The van der Waals surface area contributed by atoms with Gasteiger partial charge in [-0.15, -0.1) is 0 Å². The Balaban J connectivity index is 1.47. The second-order valence-corrected chi connectivity index (χ2v) is 6.33. The molecule has 0 saturated carbocycles. The molecule has 1 aromatic carbocycles. The molecule has 8 nitrogen and oxygen atoms in total. The van der Waals surface area contributed by atoms with Gasteiger partial charge in [-0.2, -0.15) is 5.10 Å². The number of aromatic nitrogens is 2. The van der Waals surface area contributed by atoms with Crippen molar-refractivity contribution >= 4 is 11.8 Å². The molecule has 1 aliphatic heterocycles. The molecule has 2 aromatic rings. The van der Waals surface area contributed by atoms with Gasteiger partial charge in [-0.05, 0) is 30.2 Å². The predicted octanol–water partition coefficient (Wildman–Crippen LogP) is 0.696. The summed E-state index contributed by atoms with van der Waals surface area (Å²) in [5, 5.41) is 6.03. The van der Waals surface area contributed by atoms with Crippen molar-refractivity contribution in [2.24, 2.45) is 0 Å². The number of ether oxygens (including phenoxy) is 1. The number of piperazine rings is 1. The maximum Gasteiger partial charge on any atom is 0.274 e. The molecule has 1 aliphatic rings. The van der Waals surface area contributed by atoms with Gasteiger partial charge in [0.1, 0.15) is 11.4 Å². The number of amides is 2. The van der Waals surface area contributed by atoms with Crippen LogP contribution in [0.15, 0.2) is 41.2 Å². The lowest BCUT2D eigenvalue weighted by atomic mass is 10.1. The maximum atomic E-state index is 12.4. The predicted molar refractivity (Wildman–Crippen MR) is 98.7 cm³/mol. The van der Waals surface area contributed by atoms with E-state index in [1.54, 1.807) is 16.9 Å². The first-order valence-electron chi connectivity index (χ1n) is 8.82. The number of carbonyl (C=O) groups is 2. The van der Waals surface area contributed by atoms with E-state index < -0.39 is 0 Å². The zero-order valence-electron chi connectivity index (χ0n) is 15.2. The highest BCUT2D eigenvalue weighted by molar-refractivity contribution is 5.92. The Bertz CT molecular complexity index is 834. The number of aromatic amines is 1. The first-order valence-corrected chi connectivity index (χ1v) is 8.82. The van der Waals surface area contributed by atoms with Crippen molar-refractivity contribution in [3.8, 4) is 5.75 Å². The van der Waals surface area contributed by atoms with E-state index >= 15 is 0 Å². The smallest absolute Gasteiger partial charge is 0.274 e. The van der Waals surface area contributed by atoms with E-state index in [-0.39, 0.29) is 23.1 Å². The van der Waals surface area contributed by atoms with Gasteiger partial charge >= 0.3 is 0 Å². The van der Waals surface area contributed by atoms with E-state index in [1.807, 2.05) is 24.3 Å². The number of hydrogen-bond acceptors (Lipinski definition) is 5. The van der Waals surface area contributed by atoms with Crippen LogP contribution in [0, 0.1) is 0 Å². The molecule has 2 heterocycles. The summed E-state index contributed by atoms with van der Waals surface area (Å²) in [5.74, 6) is 0.638. The molecule has 0 radical (unpaired) electrons. The maximum absolute atomic E-state index is 12.4. The molecule has 0 unspecified atom stereocenters. The van der Waals surface area contributed by atoms with Crippen molar-refractivity contribution in [1.82, 2.24) is 20.0 Å². The minimum atomic E-state index is -0.348. The normalized spacial score (nSPS) is 14.1. The summed E-state index contributed by atoms with van der Waals surface area (Å²) in [7, 11) is 1.62. The van der Waals surface area contributed by atoms with Gasteiger partial charge in [0, 0.05) is 38.7 Å². The van der Waals surface area contributed by atoms with Crippen molar-refractivity contribution in [3.63, 3.8) is 0 Å². The number of benzene rings is 1. The molecule has 1 aromatic heterocycles. The molecule has 0 spiro atoms. The van der Waals surface area contributed by atoms with E-state index in [1.165, 1.54) is 12.1 Å². The van der Waals surface area contributed by atoms with Crippen LogP contribution in [0.5, 0.6) is 5.75 Å². The van der Waals surface area contributed by atoms with Gasteiger partial charge in [-0.1, -0.05) is 12.1 Å². The Morgan fingerprint density at radius 2 is 1.70 bits per heavy atom. The minimum absolute atomic E-state index is 0.0834. The van der Waals surface area contributed by atoms with Crippen LogP contribution in [0.4, 0.5) is 0 Å². The fourth-order valence-corrected chi connectivity index (χ4v) is 2.99. The summed E-state index contributed by atoms with van der Waals surface area (Å²) in [4.78, 5) is 39.3. The lowest BCUT2D eigenvalue weighted by molar-refractivity contribution is -0.132. The summed E-state index contributed by atoms with van der Waals surface area (Å²) in [6, 6.07) is 10.4. The van der Waals surface area contributed by atoms with E-state index in [0.29, 0.717) is 39.0 Å². The molecule has 1 saturated heterocycles. The van der Waals surface area contributed by atoms with Gasteiger partial charge in [-0.25, -0.2) is 5.10 Å². The van der Waals surface area contributed by atoms with Crippen LogP contribution in [0.1, 0.15) is 22.5 Å². The van der Waals surface area contributed by atoms with Gasteiger partial charge in [0.15, 0.2) is 0 Å². The summed E-state index contributed by atoms with van der Waals surface area (Å²) in [5.41, 5.74) is 0.940. The molecule has 0 atom stereocenters. The van der Waals surface area contributed by atoms with Crippen molar-refractivity contribution in [2.75, 3.05) is 33.3 Å². The Labute approximate surface area is 156 Å². The number of aryl methyl sites for hydroxylation is 1. The van der Waals surface area contributed by atoms with E-state index in [4.69, 9.17) is 4.74 Å². The zero-order valence-corrected chi connectivity index (χ0v) is 15.2. The average Bonchev–Trinajstić information content (AvgIpc) is 2.72. The molecular formula is C19H22N4O4. The van der Waals surface area contributed by atoms with Crippen molar-refractivity contribution in [3.05, 3.63) is 58.0 Å². The van der Waals surface area contributed by atoms with Crippen LogP contribution < -0.4 is 10.3 Å². The number of nitrogens with one attached hydrogen (secondary N) is 1. The minimum Gasteiger partial charge on any atom is -0.497 e. The van der Waals surface area contributed by atoms with Gasteiger partial charge < -0.3 is 14.5 Å². The largest absolute Gasteiger partial charge is 0.497 e. The molecule has 3 rings (SSSR count). The molecule has 142 valence electrons. The SMILES string of the molecule is COc1ccc(CCC(=O)N2CCN(C(=O)c3ccc(=O)[nH]n3)CC2)cc1. The number of carbonyl (C=O) groups excluding carboxylic acids is 2. The molecule has 27 heavy (non-hydrogen) atoms.